The molecule has 11 nitrogen and oxygen atoms in total. The normalized spacial score (nSPS) is 11.4. The fraction of sp³-hybridized carbons (Fsp3) is 0.238. The van der Waals surface area contributed by atoms with Gasteiger partial charge in [-0.25, -0.2) is 21.6 Å². The van der Waals surface area contributed by atoms with Crippen LogP contribution < -0.4 is 75.1 Å². The quantitative estimate of drug-likeness (QED) is 0.170. The number of hydrogen-bond donors (Lipinski definition) is 3. The van der Waals surface area contributed by atoms with Gasteiger partial charge in [0.2, 0.25) is 5.91 Å². The van der Waals surface area contributed by atoms with Gasteiger partial charge < -0.3 is 25.1 Å². The van der Waals surface area contributed by atoms with Gasteiger partial charge in [0.15, 0.2) is 0 Å². The minimum absolute atomic E-state index is 0. The number of amides is 3. The fourth-order valence-corrected chi connectivity index (χ4v) is 4.13. The number of rotatable bonds is 8. The van der Waals surface area contributed by atoms with Crippen LogP contribution in [0.4, 0.5) is 16.2 Å². The molecular formula is C21H23N3Na2O8S2. The Morgan fingerprint density at radius 1 is 0.833 bits per heavy atom. The molecule has 3 N–H and O–H groups in total. The molecule has 0 fully saturated rings. The molecule has 3 amide bonds. The number of urea groups is 1. The van der Waals surface area contributed by atoms with Crippen molar-refractivity contribution in [1.29, 1.82) is 0 Å². The summed E-state index contributed by atoms with van der Waals surface area (Å²) in [4.78, 5) is 22.2. The van der Waals surface area contributed by atoms with Crippen molar-refractivity contribution >= 4 is 55.7 Å². The standard InChI is InChI=1S/C21H25N3O8S2.2Na/c1-4-22-21(26)24-17-10-8-15(19(12-17)34(30,31)32)6-5-14-7-9-16(23-20(25)13(2)3)11-18(14)33(27,28)29;;/h5-13H,4H2,1-3H3,(H,23,25)(H2,22,24,26)(H,27,28,29)(H,30,31,32);;/q;2*+1/p-2. The van der Waals surface area contributed by atoms with Gasteiger partial charge in [-0.3, -0.25) is 4.79 Å². The van der Waals surface area contributed by atoms with E-state index in [0.717, 1.165) is 24.3 Å². The molecule has 2 aromatic carbocycles. The van der Waals surface area contributed by atoms with Crippen molar-refractivity contribution in [2.24, 2.45) is 5.92 Å². The molecule has 2 aromatic rings. The molecule has 0 spiro atoms. The van der Waals surface area contributed by atoms with Crippen molar-refractivity contribution in [3.05, 3.63) is 47.5 Å². The van der Waals surface area contributed by atoms with Crippen LogP contribution in [0.2, 0.25) is 0 Å². The number of nitrogens with one attached hydrogen (secondary N) is 3. The molecule has 0 saturated heterocycles. The SMILES string of the molecule is CCNC(=O)Nc1ccc(C=Cc2ccc(NC(=O)C(C)C)cc2S(=O)(=O)[O-])c(S(=O)(=O)[O-])c1.[Na+].[Na+]. The number of hydrogen-bond acceptors (Lipinski definition) is 8. The second kappa shape index (κ2) is 14.6. The third-order valence-corrected chi connectivity index (χ3v) is 6.18. The van der Waals surface area contributed by atoms with Gasteiger partial charge in [0, 0.05) is 23.8 Å². The molecule has 0 aliphatic rings. The Balaban J connectivity index is 0.00000612. The first kappa shape index (κ1) is 34.7. The number of anilines is 2. The topological polar surface area (TPSA) is 185 Å². The maximum atomic E-state index is 11.9. The van der Waals surface area contributed by atoms with Gasteiger partial charge >= 0.3 is 65.1 Å². The second-order valence-corrected chi connectivity index (χ2v) is 10.1. The third kappa shape index (κ3) is 10.2. The third-order valence-electron chi connectivity index (χ3n) is 4.40. The number of carbonyl (C=O) groups is 2. The average molecular weight is 556 g/mol. The van der Waals surface area contributed by atoms with Crippen LogP contribution in [-0.4, -0.2) is 44.4 Å². The van der Waals surface area contributed by atoms with E-state index in [1.165, 1.54) is 24.3 Å². The Morgan fingerprint density at radius 2 is 1.25 bits per heavy atom. The van der Waals surface area contributed by atoms with Crippen molar-refractivity contribution in [2.45, 2.75) is 30.6 Å². The van der Waals surface area contributed by atoms with E-state index in [9.17, 15) is 35.5 Å². The molecule has 2 rings (SSSR count). The van der Waals surface area contributed by atoms with Gasteiger partial charge in [-0.2, -0.15) is 0 Å². The van der Waals surface area contributed by atoms with Gasteiger partial charge in [0.25, 0.3) is 0 Å². The zero-order valence-electron chi connectivity index (χ0n) is 20.5. The summed E-state index contributed by atoms with van der Waals surface area (Å²) in [6, 6.07) is 6.58. The van der Waals surface area contributed by atoms with Crippen LogP contribution in [0.25, 0.3) is 12.2 Å². The van der Waals surface area contributed by atoms with Crippen LogP contribution in [-0.2, 0) is 25.0 Å². The van der Waals surface area contributed by atoms with Gasteiger partial charge in [-0.1, -0.05) is 38.1 Å². The van der Waals surface area contributed by atoms with Crippen molar-refractivity contribution in [1.82, 2.24) is 5.32 Å². The first-order valence-corrected chi connectivity index (χ1v) is 12.8. The summed E-state index contributed by atoms with van der Waals surface area (Å²) in [5.41, 5.74) is -0.0429. The maximum absolute atomic E-state index is 11.9. The molecule has 184 valence electrons. The van der Waals surface area contributed by atoms with Crippen LogP contribution in [0.1, 0.15) is 31.9 Å². The summed E-state index contributed by atoms with van der Waals surface area (Å²) >= 11 is 0. The van der Waals surface area contributed by atoms with E-state index in [1.54, 1.807) is 20.8 Å². The summed E-state index contributed by atoms with van der Waals surface area (Å²) in [6.45, 7) is 5.28. The van der Waals surface area contributed by atoms with Crippen molar-refractivity contribution < 1.29 is 94.6 Å². The van der Waals surface area contributed by atoms with Gasteiger partial charge in [-0.05, 0) is 42.3 Å². The molecule has 36 heavy (non-hydrogen) atoms. The first-order valence-electron chi connectivity index (χ1n) is 9.96. The molecule has 15 heteroatoms. The van der Waals surface area contributed by atoms with Crippen LogP contribution in [0.3, 0.4) is 0 Å². The van der Waals surface area contributed by atoms with E-state index in [1.807, 2.05) is 0 Å². The van der Waals surface area contributed by atoms with Crippen LogP contribution >= 0.6 is 0 Å². The molecule has 0 bridgehead atoms. The molecule has 0 aromatic heterocycles. The Bertz CT molecular complexity index is 1340. The molecule has 0 heterocycles. The maximum Gasteiger partial charge on any atom is 1.00 e. The second-order valence-electron chi connectivity index (χ2n) is 7.38. The van der Waals surface area contributed by atoms with Gasteiger partial charge in [0.05, 0.1) is 9.79 Å². The largest absolute Gasteiger partial charge is 1.00 e. The summed E-state index contributed by atoms with van der Waals surface area (Å²) in [5, 5.41) is 7.32. The van der Waals surface area contributed by atoms with E-state index in [-0.39, 0.29) is 93.4 Å². The van der Waals surface area contributed by atoms with Crippen molar-refractivity contribution in [2.75, 3.05) is 17.2 Å². The van der Waals surface area contributed by atoms with Gasteiger partial charge in [-0.15, -0.1) is 0 Å². The Hall–Kier alpha value is -1.26. The summed E-state index contributed by atoms with van der Waals surface area (Å²) < 4.78 is 70.6. The van der Waals surface area contributed by atoms with E-state index in [4.69, 9.17) is 0 Å². The molecular weight excluding hydrogens is 532 g/mol. The molecule has 0 radical (unpaired) electrons. The molecule has 0 saturated carbocycles. The van der Waals surface area contributed by atoms with Crippen LogP contribution in [0, 0.1) is 5.92 Å². The summed E-state index contributed by atoms with van der Waals surface area (Å²) in [7, 11) is -9.94. The molecule has 0 unspecified atom stereocenters. The summed E-state index contributed by atoms with van der Waals surface area (Å²) in [6.07, 6.45) is 2.30. The molecule has 0 aliphatic carbocycles. The fourth-order valence-electron chi connectivity index (χ4n) is 2.73. The summed E-state index contributed by atoms with van der Waals surface area (Å²) in [5.74, 6) is -0.769. The minimum Gasteiger partial charge on any atom is -0.744 e. The van der Waals surface area contributed by atoms with Crippen LogP contribution in [0.5, 0.6) is 0 Å². The van der Waals surface area contributed by atoms with E-state index in [0.29, 0.717) is 6.54 Å². The van der Waals surface area contributed by atoms with Crippen molar-refractivity contribution in [3.63, 3.8) is 0 Å². The van der Waals surface area contributed by atoms with Crippen molar-refractivity contribution in [3.8, 4) is 0 Å². The van der Waals surface area contributed by atoms with E-state index < -0.39 is 36.1 Å². The molecule has 0 atom stereocenters. The number of benzene rings is 2. The zero-order valence-corrected chi connectivity index (χ0v) is 26.1. The Labute approximate surface area is 254 Å². The predicted octanol–water partition coefficient (Wildman–Crippen LogP) is -3.59. The van der Waals surface area contributed by atoms with Crippen LogP contribution in [0.15, 0.2) is 46.2 Å². The minimum atomic E-state index is -4.98. The van der Waals surface area contributed by atoms with E-state index in [2.05, 4.69) is 16.0 Å². The van der Waals surface area contributed by atoms with E-state index >= 15 is 0 Å². The average Bonchev–Trinajstić information content (AvgIpc) is 2.72. The smallest absolute Gasteiger partial charge is 0.744 e. The Morgan fingerprint density at radius 3 is 1.61 bits per heavy atom. The monoisotopic (exact) mass is 555 g/mol. The predicted molar refractivity (Wildman–Crippen MR) is 124 cm³/mol. The number of carbonyl (C=O) groups excluding carboxylic acids is 2. The zero-order chi connectivity index (χ0) is 25.7. The van der Waals surface area contributed by atoms with Gasteiger partial charge in [0.1, 0.15) is 20.2 Å². The Kier molecular flexibility index (Phi) is 14.1. The first-order chi connectivity index (χ1) is 15.7. The molecule has 0 aliphatic heterocycles.